The Morgan fingerprint density at radius 2 is 2.21 bits per heavy atom. The first kappa shape index (κ1) is 25.9. The highest BCUT2D eigenvalue weighted by atomic mass is 127. The van der Waals surface area contributed by atoms with Gasteiger partial charge in [0.25, 0.3) is 0 Å². The van der Waals surface area contributed by atoms with Crippen LogP contribution >= 0.6 is 35.6 Å². The molecule has 9 heteroatoms. The van der Waals surface area contributed by atoms with Gasteiger partial charge in [0.15, 0.2) is 5.96 Å². The van der Waals surface area contributed by atoms with Gasteiger partial charge >= 0.3 is 0 Å². The number of guanidine groups is 1. The number of nitrogens with zero attached hydrogens (tertiary/aromatic N) is 1. The highest BCUT2D eigenvalue weighted by Crippen LogP contribution is 2.22. The summed E-state index contributed by atoms with van der Waals surface area (Å²) in [6, 6.07) is 5.47. The number of ether oxygens (including phenoxy) is 2. The second kappa shape index (κ2) is 14.8. The molecular formula is C20H32ClIN4O3. The van der Waals surface area contributed by atoms with Crippen molar-refractivity contribution in [3.05, 3.63) is 28.8 Å². The van der Waals surface area contributed by atoms with E-state index in [2.05, 4.69) is 20.9 Å². The lowest BCUT2D eigenvalue weighted by atomic mass is 10.2. The van der Waals surface area contributed by atoms with Crippen molar-refractivity contribution in [1.29, 1.82) is 0 Å². The van der Waals surface area contributed by atoms with Gasteiger partial charge in [-0.1, -0.05) is 17.7 Å². The van der Waals surface area contributed by atoms with E-state index in [-0.39, 0.29) is 36.0 Å². The fourth-order valence-corrected chi connectivity index (χ4v) is 2.92. The van der Waals surface area contributed by atoms with Gasteiger partial charge in [0.05, 0.1) is 12.7 Å². The van der Waals surface area contributed by atoms with Crippen molar-refractivity contribution in [2.75, 3.05) is 44.8 Å². The first-order valence-corrected chi connectivity index (χ1v) is 10.2. The molecule has 0 aliphatic carbocycles. The van der Waals surface area contributed by atoms with Crippen LogP contribution in [0.2, 0.25) is 5.02 Å². The summed E-state index contributed by atoms with van der Waals surface area (Å²) in [5.41, 5.74) is 1.61. The summed E-state index contributed by atoms with van der Waals surface area (Å²) in [6.07, 6.45) is 2.39. The molecule has 1 aromatic rings. The lowest BCUT2D eigenvalue weighted by Gasteiger charge is -2.13. The molecule has 1 unspecified atom stereocenters. The molecule has 1 amide bonds. The molecule has 0 bridgehead atoms. The molecule has 0 radical (unpaired) electrons. The number of benzene rings is 1. The number of carbonyl (C=O) groups excluding carboxylic acids is 1. The Balaban J connectivity index is 0.00000420. The number of hydrogen-bond donors (Lipinski definition) is 3. The monoisotopic (exact) mass is 538 g/mol. The number of nitrogens with one attached hydrogen (secondary N) is 3. The Hall–Kier alpha value is -1.10. The standard InChI is InChI=1S/C20H31ClN4O3.HI/c1-3-22-20(23-10-5-12-28-16-9-13-27-14-16)24-11-8-19(26)25-18-7-4-6-17(21)15(18)2;/h4,6-7,16H,3,5,8-14H2,1-2H3,(H,25,26)(H2,22,23,24);1H. The third kappa shape index (κ3) is 9.97. The molecule has 1 fully saturated rings. The third-order valence-corrected chi connectivity index (χ3v) is 4.75. The van der Waals surface area contributed by atoms with Crippen molar-refractivity contribution >= 4 is 53.1 Å². The van der Waals surface area contributed by atoms with E-state index in [1.165, 1.54) is 0 Å². The Morgan fingerprint density at radius 1 is 1.38 bits per heavy atom. The Morgan fingerprint density at radius 3 is 2.93 bits per heavy atom. The number of amides is 1. The minimum Gasteiger partial charge on any atom is -0.379 e. The zero-order chi connectivity index (χ0) is 20.2. The predicted molar refractivity (Wildman–Crippen MR) is 129 cm³/mol. The third-order valence-electron chi connectivity index (χ3n) is 4.34. The molecule has 0 aromatic heterocycles. The van der Waals surface area contributed by atoms with Crippen LogP contribution in [0.15, 0.2) is 23.2 Å². The zero-order valence-corrected chi connectivity index (χ0v) is 20.2. The van der Waals surface area contributed by atoms with Gasteiger partial charge in [-0.25, -0.2) is 0 Å². The van der Waals surface area contributed by atoms with E-state index >= 15 is 0 Å². The molecule has 1 aromatic carbocycles. The quantitative estimate of drug-likeness (QED) is 0.184. The van der Waals surface area contributed by atoms with Crippen molar-refractivity contribution in [1.82, 2.24) is 10.6 Å². The first-order valence-electron chi connectivity index (χ1n) is 9.86. The normalized spacial score (nSPS) is 16.2. The van der Waals surface area contributed by atoms with E-state index in [9.17, 15) is 4.79 Å². The lowest BCUT2D eigenvalue weighted by Crippen LogP contribution is -2.38. The van der Waals surface area contributed by atoms with Crippen LogP contribution in [0.4, 0.5) is 5.69 Å². The zero-order valence-electron chi connectivity index (χ0n) is 17.1. The van der Waals surface area contributed by atoms with E-state index < -0.39 is 0 Å². The maximum Gasteiger partial charge on any atom is 0.226 e. The predicted octanol–water partition coefficient (Wildman–Crippen LogP) is 3.35. The molecule has 3 N–H and O–H groups in total. The van der Waals surface area contributed by atoms with Crippen LogP contribution in [0.3, 0.4) is 0 Å². The summed E-state index contributed by atoms with van der Waals surface area (Å²) in [5.74, 6) is 0.638. The fourth-order valence-electron chi connectivity index (χ4n) is 2.74. The first-order chi connectivity index (χ1) is 13.6. The van der Waals surface area contributed by atoms with Gasteiger partial charge in [-0.2, -0.15) is 0 Å². The number of hydrogen-bond acceptors (Lipinski definition) is 4. The molecule has 0 spiro atoms. The number of anilines is 1. The van der Waals surface area contributed by atoms with E-state index in [1.54, 1.807) is 6.07 Å². The number of aliphatic imine (C=N–C) groups is 1. The average Bonchev–Trinajstić information content (AvgIpc) is 3.18. The largest absolute Gasteiger partial charge is 0.379 e. The van der Waals surface area contributed by atoms with Gasteiger partial charge in [-0.05, 0) is 44.4 Å². The van der Waals surface area contributed by atoms with Crippen molar-refractivity contribution in [3.8, 4) is 0 Å². The van der Waals surface area contributed by atoms with Gasteiger partial charge in [-0.15, -0.1) is 24.0 Å². The van der Waals surface area contributed by atoms with Crippen LogP contribution in [0, 0.1) is 6.92 Å². The SMILES string of the molecule is CCNC(=NCCCOC1CCOC1)NCCC(=O)Nc1cccc(Cl)c1C.I. The van der Waals surface area contributed by atoms with Gasteiger partial charge in [0, 0.05) is 50.0 Å². The van der Waals surface area contributed by atoms with E-state index in [4.69, 9.17) is 21.1 Å². The fraction of sp³-hybridized carbons (Fsp3) is 0.600. The Labute approximate surface area is 195 Å². The minimum atomic E-state index is -0.0686. The van der Waals surface area contributed by atoms with Crippen molar-refractivity contribution in [3.63, 3.8) is 0 Å². The van der Waals surface area contributed by atoms with Crippen molar-refractivity contribution in [2.45, 2.75) is 39.2 Å². The van der Waals surface area contributed by atoms with Crippen molar-refractivity contribution < 1.29 is 14.3 Å². The van der Waals surface area contributed by atoms with Crippen LogP contribution in [-0.2, 0) is 14.3 Å². The molecule has 1 atom stereocenters. The second-order valence-electron chi connectivity index (χ2n) is 6.61. The minimum absolute atomic E-state index is 0. The summed E-state index contributed by atoms with van der Waals surface area (Å²) >= 11 is 6.08. The maximum atomic E-state index is 12.2. The van der Waals surface area contributed by atoms with Crippen LogP contribution in [0.5, 0.6) is 0 Å². The number of rotatable bonds is 10. The summed E-state index contributed by atoms with van der Waals surface area (Å²) in [6.45, 7) is 7.98. The van der Waals surface area contributed by atoms with E-state index in [0.29, 0.717) is 43.7 Å². The second-order valence-corrected chi connectivity index (χ2v) is 7.02. The Kier molecular flexibility index (Phi) is 13.2. The summed E-state index contributed by atoms with van der Waals surface area (Å²) in [7, 11) is 0. The smallest absolute Gasteiger partial charge is 0.226 e. The van der Waals surface area contributed by atoms with E-state index in [1.807, 2.05) is 26.0 Å². The molecule has 7 nitrogen and oxygen atoms in total. The number of carbonyl (C=O) groups is 1. The van der Waals surface area contributed by atoms with Gasteiger partial charge in [0.2, 0.25) is 5.91 Å². The molecule has 1 heterocycles. The summed E-state index contributed by atoms with van der Waals surface area (Å²) in [4.78, 5) is 16.7. The van der Waals surface area contributed by atoms with Gasteiger partial charge in [0.1, 0.15) is 0 Å². The topological polar surface area (TPSA) is 84.0 Å². The lowest BCUT2D eigenvalue weighted by molar-refractivity contribution is -0.116. The molecule has 164 valence electrons. The molecule has 0 saturated carbocycles. The summed E-state index contributed by atoms with van der Waals surface area (Å²) in [5, 5.41) is 9.90. The number of halogens is 2. The van der Waals surface area contributed by atoms with Crippen LogP contribution in [0.25, 0.3) is 0 Å². The van der Waals surface area contributed by atoms with Crippen LogP contribution in [0.1, 0.15) is 31.7 Å². The van der Waals surface area contributed by atoms with E-state index in [0.717, 1.165) is 37.2 Å². The van der Waals surface area contributed by atoms with Gasteiger partial charge in [-0.3, -0.25) is 9.79 Å². The maximum absolute atomic E-state index is 12.2. The summed E-state index contributed by atoms with van der Waals surface area (Å²) < 4.78 is 11.0. The molecule has 1 aliphatic heterocycles. The molecule has 2 rings (SSSR count). The molecule has 29 heavy (non-hydrogen) atoms. The molecule has 1 aliphatic rings. The molecular weight excluding hydrogens is 507 g/mol. The van der Waals surface area contributed by atoms with Crippen LogP contribution < -0.4 is 16.0 Å². The Bertz CT molecular complexity index is 655. The highest BCUT2D eigenvalue weighted by molar-refractivity contribution is 14.0. The van der Waals surface area contributed by atoms with Gasteiger partial charge < -0.3 is 25.4 Å². The highest BCUT2D eigenvalue weighted by Gasteiger charge is 2.15. The molecule has 1 saturated heterocycles. The van der Waals surface area contributed by atoms with Crippen molar-refractivity contribution in [2.24, 2.45) is 4.99 Å². The average molecular weight is 539 g/mol. The van der Waals surface area contributed by atoms with Crippen LogP contribution in [-0.4, -0.2) is 57.4 Å².